The molecule has 6 aromatic rings. The fraction of sp³-hybridized carbons (Fsp3) is 0.400. The Labute approximate surface area is 416 Å². The van der Waals surface area contributed by atoms with Crippen LogP contribution in [0.5, 0.6) is 0 Å². The zero-order chi connectivity index (χ0) is 46.8. The minimum absolute atomic E-state index is 0.0459. The normalized spacial score (nSPS) is 13.0. The van der Waals surface area contributed by atoms with E-state index >= 15 is 0 Å². The van der Waals surface area contributed by atoms with Gasteiger partial charge in [0.05, 0.1) is 0 Å². The smallest absolute Gasteiger partial charge is 0.137 e. The molecule has 348 valence electrons. The molecule has 0 amide bonds. The van der Waals surface area contributed by atoms with Gasteiger partial charge in [-0.05, 0) is 109 Å². The van der Waals surface area contributed by atoms with E-state index in [2.05, 4.69) is 152 Å². The van der Waals surface area contributed by atoms with Crippen molar-refractivity contribution >= 4 is 87.6 Å². The molecular formula is C60H68Br2N4O. The minimum atomic E-state index is 0.0459. The molecule has 7 heteroatoms. The largest absolute Gasteiger partial charge is 0.457 e. The Bertz CT molecular complexity index is 2680. The predicted octanol–water partition coefficient (Wildman–Crippen LogP) is 19.1. The lowest BCUT2D eigenvalue weighted by molar-refractivity contribution is 0.332. The molecular weight excluding hydrogens is 952 g/mol. The number of aryl methyl sites for hydroxylation is 2. The van der Waals surface area contributed by atoms with Crippen molar-refractivity contribution in [3.8, 4) is 12.1 Å². The van der Waals surface area contributed by atoms with E-state index in [1.807, 2.05) is 12.2 Å². The van der Waals surface area contributed by atoms with Gasteiger partial charge in [-0.25, -0.2) is 0 Å². The van der Waals surface area contributed by atoms with Gasteiger partial charge in [0.1, 0.15) is 29.2 Å². The van der Waals surface area contributed by atoms with Crippen molar-refractivity contribution in [2.45, 2.75) is 155 Å². The summed E-state index contributed by atoms with van der Waals surface area (Å²) in [6, 6.07) is 30.7. The van der Waals surface area contributed by atoms with Crippen molar-refractivity contribution in [3.05, 3.63) is 140 Å². The summed E-state index contributed by atoms with van der Waals surface area (Å²) in [7, 11) is 0. The number of hydrogen-bond donors (Lipinski definition) is 0. The Kier molecular flexibility index (Phi) is 19.2. The Morgan fingerprint density at radius 1 is 0.463 bits per heavy atom. The molecule has 0 saturated carbocycles. The van der Waals surface area contributed by atoms with Crippen LogP contribution in [-0.2, 0) is 17.8 Å². The molecule has 5 nitrogen and oxygen atoms in total. The lowest BCUT2D eigenvalue weighted by Crippen LogP contribution is -1.99. The molecule has 0 radical (unpaired) electrons. The summed E-state index contributed by atoms with van der Waals surface area (Å²) in [4.78, 5) is 0. The molecule has 2 aromatic heterocycles. The van der Waals surface area contributed by atoms with Crippen molar-refractivity contribution in [1.82, 2.24) is 9.13 Å². The summed E-state index contributed by atoms with van der Waals surface area (Å²) in [5.41, 5.74) is 7.66. The maximum atomic E-state index is 9.88. The summed E-state index contributed by atoms with van der Waals surface area (Å²) < 4.78 is 13.5. The van der Waals surface area contributed by atoms with Gasteiger partial charge >= 0.3 is 0 Å². The van der Waals surface area contributed by atoms with Crippen molar-refractivity contribution in [1.29, 1.82) is 10.5 Å². The number of halogens is 2. The number of ether oxygens (including phenoxy) is 1. The van der Waals surface area contributed by atoms with Gasteiger partial charge in [0.15, 0.2) is 0 Å². The number of hydrogen-bond acceptors (Lipinski definition) is 3. The molecule has 3 heterocycles. The number of nitriles is 2. The summed E-state index contributed by atoms with van der Waals surface area (Å²) in [5.74, 6) is 1.11. The van der Waals surface area contributed by atoms with Crippen LogP contribution in [0.3, 0.4) is 0 Å². The Hall–Kier alpha value is -5.08. The molecule has 7 rings (SSSR count). The zero-order valence-corrected chi connectivity index (χ0v) is 43.1. The monoisotopic (exact) mass is 1020 g/mol. The standard InChI is InChI=1S/C60H68Br2N4O/c1-3-5-7-9-11-13-15-17-19-21-35-65-57-31-25-45(37-53(57)55-41-49(61)27-33-59(55)65)23-29-51-39-47(48(43-63)44-64)40-52(67-51)30-24-46-26-32-58-54(38-46)56-42-50(62)28-34-60(56)66(58)36-22-20-18-16-14-12-10-8-6-4-2/h23-34,37-42H,3-22,35-36H2,1-2H3/b29-23+,30-24+. The second-order valence-electron chi connectivity index (χ2n) is 18.5. The van der Waals surface area contributed by atoms with E-state index in [0.29, 0.717) is 17.1 Å². The highest BCUT2D eigenvalue weighted by atomic mass is 79.9. The van der Waals surface area contributed by atoms with Crippen molar-refractivity contribution in [3.63, 3.8) is 0 Å². The molecule has 0 saturated heterocycles. The highest BCUT2D eigenvalue weighted by Crippen LogP contribution is 2.35. The molecule has 0 bridgehead atoms. The van der Waals surface area contributed by atoms with Crippen LogP contribution in [0.25, 0.3) is 55.8 Å². The van der Waals surface area contributed by atoms with E-state index in [4.69, 9.17) is 4.74 Å². The highest BCUT2D eigenvalue weighted by Gasteiger charge is 2.15. The lowest BCUT2D eigenvalue weighted by Gasteiger charge is -2.14. The third-order valence-corrected chi connectivity index (χ3v) is 14.4. The summed E-state index contributed by atoms with van der Waals surface area (Å²) in [6.07, 6.45) is 38.0. The van der Waals surface area contributed by atoms with E-state index < -0.39 is 0 Å². The second kappa shape index (κ2) is 25.9. The molecule has 0 unspecified atom stereocenters. The van der Waals surface area contributed by atoms with Crippen LogP contribution in [0.4, 0.5) is 0 Å². The number of unbranched alkanes of at least 4 members (excludes halogenated alkanes) is 18. The van der Waals surface area contributed by atoms with E-state index in [1.165, 1.54) is 172 Å². The number of fused-ring (bicyclic) bond motifs is 6. The van der Waals surface area contributed by atoms with Crippen LogP contribution in [0.15, 0.2) is 129 Å². The summed E-state index contributed by atoms with van der Waals surface area (Å²) in [6.45, 7) is 6.56. The molecule has 0 atom stereocenters. The molecule has 1 aliphatic rings. The molecule has 4 aromatic carbocycles. The van der Waals surface area contributed by atoms with Gasteiger partial charge in [-0.1, -0.05) is 186 Å². The van der Waals surface area contributed by atoms with Crippen LogP contribution in [0.2, 0.25) is 0 Å². The van der Waals surface area contributed by atoms with Crippen LogP contribution < -0.4 is 0 Å². The minimum Gasteiger partial charge on any atom is -0.457 e. The van der Waals surface area contributed by atoms with Gasteiger partial charge < -0.3 is 13.9 Å². The van der Waals surface area contributed by atoms with Gasteiger partial charge in [0.2, 0.25) is 0 Å². The lowest BCUT2D eigenvalue weighted by atomic mass is 10.0. The number of aromatic nitrogens is 2. The molecule has 0 N–H and O–H groups in total. The first-order valence-corrected chi connectivity index (χ1v) is 26.9. The molecule has 67 heavy (non-hydrogen) atoms. The highest BCUT2D eigenvalue weighted by molar-refractivity contribution is 9.10. The van der Waals surface area contributed by atoms with E-state index in [0.717, 1.165) is 33.2 Å². The fourth-order valence-corrected chi connectivity index (χ4v) is 10.5. The van der Waals surface area contributed by atoms with E-state index in [-0.39, 0.29) is 5.57 Å². The first-order valence-electron chi connectivity index (χ1n) is 25.4. The number of allylic oxidation sites excluding steroid dienone is 6. The van der Waals surface area contributed by atoms with Gasteiger partial charge in [-0.3, -0.25) is 0 Å². The maximum Gasteiger partial charge on any atom is 0.137 e. The summed E-state index contributed by atoms with van der Waals surface area (Å²) in [5, 5.41) is 24.7. The zero-order valence-electron chi connectivity index (χ0n) is 39.9. The van der Waals surface area contributed by atoms with Crippen LogP contribution >= 0.6 is 31.9 Å². The summed E-state index contributed by atoms with van der Waals surface area (Å²) >= 11 is 7.47. The first-order chi connectivity index (χ1) is 32.9. The average molecular weight is 1020 g/mol. The number of benzene rings is 4. The Morgan fingerprint density at radius 3 is 1.18 bits per heavy atom. The predicted molar refractivity (Wildman–Crippen MR) is 292 cm³/mol. The average Bonchev–Trinajstić information content (AvgIpc) is 3.81. The topological polar surface area (TPSA) is 66.7 Å². The SMILES string of the molecule is CCCCCCCCCCCCn1c2ccc(Br)cc2c2cc(/C=C/C3=CC(=C(C#N)C#N)C=C(/C=C/c4ccc5c(c4)c4cc(Br)ccc4n5CCCCCCCCCCCC)O3)ccc21. The number of nitrogens with zero attached hydrogens (tertiary/aromatic N) is 4. The van der Waals surface area contributed by atoms with Crippen molar-refractivity contribution in [2.24, 2.45) is 0 Å². The van der Waals surface area contributed by atoms with Gasteiger partial charge in [0.25, 0.3) is 0 Å². The third kappa shape index (κ3) is 13.6. The second-order valence-corrected chi connectivity index (χ2v) is 20.3. The molecule has 0 aliphatic carbocycles. The molecule has 0 spiro atoms. The van der Waals surface area contributed by atoms with Crippen LogP contribution in [0, 0.1) is 22.7 Å². The van der Waals surface area contributed by atoms with Crippen LogP contribution in [-0.4, -0.2) is 9.13 Å². The fourth-order valence-electron chi connectivity index (χ4n) is 9.75. The van der Waals surface area contributed by atoms with Crippen LogP contribution in [0.1, 0.15) is 153 Å². The van der Waals surface area contributed by atoms with Gasteiger partial charge in [-0.15, -0.1) is 0 Å². The Balaban J connectivity index is 1.04. The molecule has 0 fully saturated rings. The Morgan fingerprint density at radius 2 is 0.806 bits per heavy atom. The van der Waals surface area contributed by atoms with E-state index in [9.17, 15) is 10.5 Å². The van der Waals surface area contributed by atoms with Crippen molar-refractivity contribution in [2.75, 3.05) is 0 Å². The maximum absolute atomic E-state index is 9.88. The third-order valence-electron chi connectivity index (χ3n) is 13.4. The first kappa shape index (κ1) is 49.8. The quantitative estimate of drug-likeness (QED) is 0.0402. The molecule has 1 aliphatic heterocycles. The van der Waals surface area contributed by atoms with Gasteiger partial charge in [-0.2, -0.15) is 10.5 Å². The van der Waals surface area contributed by atoms with E-state index in [1.54, 1.807) is 12.2 Å². The number of rotatable bonds is 26. The van der Waals surface area contributed by atoms with Gasteiger partial charge in [0, 0.05) is 71.2 Å². The van der Waals surface area contributed by atoms with Crippen molar-refractivity contribution < 1.29 is 4.74 Å².